The normalized spacial score (nSPS) is 10.9. The lowest BCUT2D eigenvalue weighted by Crippen LogP contribution is -2.20. The maximum atomic E-state index is 4.03. The number of rotatable bonds is 7. The number of hydrogen-bond acceptors (Lipinski definition) is 4. The van der Waals surface area contributed by atoms with Gasteiger partial charge in [0.2, 0.25) is 0 Å². The van der Waals surface area contributed by atoms with E-state index in [1.54, 1.807) is 6.33 Å². The van der Waals surface area contributed by atoms with Gasteiger partial charge in [-0.25, -0.2) is 4.98 Å². The van der Waals surface area contributed by atoms with Crippen LogP contribution < -0.4 is 5.32 Å². The molecular formula is C11H18N6. The van der Waals surface area contributed by atoms with E-state index in [1.165, 1.54) is 0 Å². The van der Waals surface area contributed by atoms with E-state index < -0.39 is 0 Å². The predicted octanol–water partition coefficient (Wildman–Crippen LogP) is 0.234. The number of nitrogens with zero attached hydrogens (tertiary/aromatic N) is 5. The first-order chi connectivity index (χ1) is 8.36. The molecule has 0 radical (unpaired) electrons. The molecule has 1 N–H and O–H groups in total. The minimum atomic E-state index is 0.918. The van der Waals surface area contributed by atoms with E-state index in [9.17, 15) is 0 Å². The molecule has 92 valence electrons. The van der Waals surface area contributed by atoms with Crippen molar-refractivity contribution in [2.24, 2.45) is 7.05 Å². The molecule has 0 aliphatic carbocycles. The molecule has 0 bridgehead atoms. The highest BCUT2D eigenvalue weighted by Gasteiger charge is 1.99. The van der Waals surface area contributed by atoms with Crippen molar-refractivity contribution >= 4 is 0 Å². The number of nitrogens with one attached hydrogen (secondary N) is 1. The Labute approximate surface area is 101 Å². The summed E-state index contributed by atoms with van der Waals surface area (Å²) in [6.45, 7) is 2.96. The average Bonchev–Trinajstić information content (AvgIpc) is 2.95. The van der Waals surface area contributed by atoms with Crippen LogP contribution in [-0.4, -0.2) is 37.4 Å². The van der Waals surface area contributed by atoms with E-state index in [4.69, 9.17) is 0 Å². The smallest absolute Gasteiger partial charge is 0.133 e. The predicted molar refractivity (Wildman–Crippen MR) is 64.4 cm³/mol. The molecule has 6 nitrogen and oxygen atoms in total. The van der Waals surface area contributed by atoms with E-state index in [0.717, 1.165) is 38.3 Å². The highest BCUT2D eigenvalue weighted by Crippen LogP contribution is 1.92. The fourth-order valence-electron chi connectivity index (χ4n) is 1.66. The van der Waals surface area contributed by atoms with Gasteiger partial charge in [-0.2, -0.15) is 0 Å². The first-order valence-corrected chi connectivity index (χ1v) is 5.85. The first-order valence-electron chi connectivity index (χ1n) is 5.85. The maximum Gasteiger partial charge on any atom is 0.133 e. The van der Waals surface area contributed by atoms with Gasteiger partial charge >= 0.3 is 0 Å². The Balaban J connectivity index is 1.54. The van der Waals surface area contributed by atoms with E-state index in [0.29, 0.717) is 0 Å². The fourth-order valence-corrected chi connectivity index (χ4v) is 1.66. The van der Waals surface area contributed by atoms with Crippen LogP contribution in [0.5, 0.6) is 0 Å². The van der Waals surface area contributed by atoms with Crippen molar-refractivity contribution in [3.63, 3.8) is 0 Å². The average molecular weight is 234 g/mol. The van der Waals surface area contributed by atoms with Gasteiger partial charge in [0.15, 0.2) is 0 Å². The second kappa shape index (κ2) is 6.15. The van der Waals surface area contributed by atoms with E-state index in [1.807, 2.05) is 30.3 Å². The Morgan fingerprint density at radius 1 is 1.29 bits per heavy atom. The molecule has 0 atom stereocenters. The topological polar surface area (TPSA) is 60.6 Å². The van der Waals surface area contributed by atoms with Gasteiger partial charge in [0, 0.05) is 39.0 Å². The highest BCUT2D eigenvalue weighted by molar-refractivity contribution is 4.84. The zero-order valence-electron chi connectivity index (χ0n) is 10.1. The van der Waals surface area contributed by atoms with Crippen LogP contribution in [0.1, 0.15) is 12.2 Å². The van der Waals surface area contributed by atoms with Crippen molar-refractivity contribution in [1.29, 1.82) is 0 Å². The standard InChI is InChI=1S/C11H18N6/c1-16-10-14-15-11(16)3-5-12-4-2-7-17-8-6-13-9-17/h6,8-10,12H,2-5,7H2,1H3. The molecule has 2 rings (SSSR count). The molecule has 6 heteroatoms. The minimum absolute atomic E-state index is 0.918. The third kappa shape index (κ3) is 3.67. The summed E-state index contributed by atoms with van der Waals surface area (Å²) in [5, 5.41) is 11.3. The van der Waals surface area contributed by atoms with Crippen molar-refractivity contribution in [3.05, 3.63) is 30.9 Å². The molecule has 0 unspecified atom stereocenters. The number of aromatic nitrogens is 5. The minimum Gasteiger partial charge on any atom is -0.337 e. The number of imidazole rings is 1. The molecule has 0 saturated heterocycles. The van der Waals surface area contributed by atoms with E-state index in [2.05, 4.69) is 25.1 Å². The van der Waals surface area contributed by atoms with Crippen LogP contribution in [0.25, 0.3) is 0 Å². The zero-order chi connectivity index (χ0) is 11.9. The molecule has 0 aliphatic rings. The summed E-state index contributed by atoms with van der Waals surface area (Å²) in [4.78, 5) is 4.01. The largest absolute Gasteiger partial charge is 0.337 e. The summed E-state index contributed by atoms with van der Waals surface area (Å²) >= 11 is 0. The second-order valence-corrected chi connectivity index (χ2v) is 4.01. The monoisotopic (exact) mass is 234 g/mol. The third-order valence-corrected chi connectivity index (χ3v) is 2.66. The molecule has 0 fully saturated rings. The Morgan fingerprint density at radius 3 is 2.94 bits per heavy atom. The van der Waals surface area contributed by atoms with Gasteiger partial charge in [-0.1, -0.05) is 0 Å². The van der Waals surface area contributed by atoms with Crippen LogP contribution in [0.3, 0.4) is 0 Å². The summed E-state index contributed by atoms with van der Waals surface area (Å²) in [5.41, 5.74) is 0. The Bertz CT molecular complexity index is 419. The molecule has 2 heterocycles. The first kappa shape index (κ1) is 11.8. The molecule has 2 aromatic heterocycles. The summed E-state index contributed by atoms with van der Waals surface area (Å²) in [7, 11) is 1.97. The summed E-state index contributed by atoms with van der Waals surface area (Å²) in [5.74, 6) is 1.02. The van der Waals surface area contributed by atoms with Crippen LogP contribution in [-0.2, 0) is 20.0 Å². The van der Waals surface area contributed by atoms with E-state index >= 15 is 0 Å². The summed E-state index contributed by atoms with van der Waals surface area (Å²) < 4.78 is 4.04. The van der Waals surface area contributed by atoms with Crippen molar-refractivity contribution in [2.45, 2.75) is 19.4 Å². The molecule has 2 aromatic rings. The summed E-state index contributed by atoms with van der Waals surface area (Å²) in [6, 6.07) is 0. The van der Waals surface area contributed by atoms with Crippen LogP contribution in [0.2, 0.25) is 0 Å². The fraction of sp³-hybridized carbons (Fsp3) is 0.545. The van der Waals surface area contributed by atoms with Gasteiger partial charge in [-0.3, -0.25) is 0 Å². The van der Waals surface area contributed by atoms with Gasteiger partial charge < -0.3 is 14.5 Å². The quantitative estimate of drug-likeness (QED) is 0.697. The summed E-state index contributed by atoms with van der Waals surface area (Å²) in [6.07, 6.45) is 9.39. The second-order valence-electron chi connectivity index (χ2n) is 4.01. The Hall–Kier alpha value is -1.69. The van der Waals surface area contributed by atoms with Gasteiger partial charge in [0.1, 0.15) is 12.2 Å². The molecule has 0 amide bonds. The SMILES string of the molecule is Cn1cnnc1CCNCCCn1ccnc1. The lowest BCUT2D eigenvalue weighted by Gasteiger charge is -2.05. The van der Waals surface area contributed by atoms with Crippen molar-refractivity contribution in [3.8, 4) is 0 Å². The van der Waals surface area contributed by atoms with Crippen LogP contribution in [0.4, 0.5) is 0 Å². The third-order valence-electron chi connectivity index (χ3n) is 2.66. The highest BCUT2D eigenvalue weighted by atomic mass is 15.2. The zero-order valence-corrected chi connectivity index (χ0v) is 10.1. The molecule has 0 saturated carbocycles. The molecule has 0 aliphatic heterocycles. The van der Waals surface area contributed by atoms with Crippen LogP contribution in [0.15, 0.2) is 25.0 Å². The van der Waals surface area contributed by atoms with Gasteiger partial charge in [-0.05, 0) is 13.0 Å². The number of hydrogen-bond donors (Lipinski definition) is 1. The van der Waals surface area contributed by atoms with Gasteiger partial charge in [0.05, 0.1) is 6.33 Å². The van der Waals surface area contributed by atoms with E-state index in [-0.39, 0.29) is 0 Å². The molecule has 0 spiro atoms. The molecule has 17 heavy (non-hydrogen) atoms. The molecular weight excluding hydrogens is 216 g/mol. The van der Waals surface area contributed by atoms with Crippen LogP contribution >= 0.6 is 0 Å². The number of aryl methyl sites for hydroxylation is 2. The van der Waals surface area contributed by atoms with Crippen molar-refractivity contribution in [1.82, 2.24) is 29.6 Å². The molecule has 0 aromatic carbocycles. The Kier molecular flexibility index (Phi) is 4.26. The van der Waals surface area contributed by atoms with Gasteiger partial charge in [0.25, 0.3) is 0 Å². The Morgan fingerprint density at radius 2 is 2.24 bits per heavy atom. The van der Waals surface area contributed by atoms with Crippen molar-refractivity contribution < 1.29 is 0 Å². The lowest BCUT2D eigenvalue weighted by molar-refractivity contribution is 0.574. The van der Waals surface area contributed by atoms with Gasteiger partial charge in [-0.15, -0.1) is 10.2 Å². The van der Waals surface area contributed by atoms with Crippen molar-refractivity contribution in [2.75, 3.05) is 13.1 Å². The maximum absolute atomic E-state index is 4.03. The lowest BCUT2D eigenvalue weighted by atomic mass is 10.3. The van der Waals surface area contributed by atoms with Crippen LogP contribution in [0, 0.1) is 0 Å².